The highest BCUT2D eigenvalue weighted by Gasteiger charge is 2.20. The number of rotatable bonds is 2. The molecule has 0 aliphatic rings. The van der Waals surface area contributed by atoms with Crippen molar-refractivity contribution >= 4 is 34.4 Å². The number of aryl methyl sites for hydroxylation is 1. The Morgan fingerprint density at radius 2 is 1.88 bits per heavy atom. The summed E-state index contributed by atoms with van der Waals surface area (Å²) >= 11 is 6.54. The minimum absolute atomic E-state index is 0.522. The fourth-order valence-corrected chi connectivity index (χ4v) is 2.85. The molecule has 1 heterocycles. The molecule has 3 aromatic rings. The largest absolute Gasteiger partial charge is 0.454 e. The summed E-state index contributed by atoms with van der Waals surface area (Å²) in [5, 5.41) is 4.14. The van der Waals surface area contributed by atoms with E-state index in [1.54, 1.807) is 6.07 Å². The van der Waals surface area contributed by atoms with Crippen LogP contribution in [0.4, 0.5) is 10.5 Å². The van der Waals surface area contributed by atoms with Crippen molar-refractivity contribution in [2.75, 3.05) is 5.32 Å². The standard InChI is InChI=1S/C20H20ClNO3/c1-12-9-10-16-14(11-12)17(21)18(24-16)13-7-5-6-8-15(13)22-19(23)25-20(2,3)4/h5-11H,1-4H3,(H,22,23). The molecule has 5 heteroatoms. The second-order valence-corrected chi connectivity index (χ2v) is 7.30. The molecule has 0 saturated heterocycles. The molecule has 0 saturated carbocycles. The van der Waals surface area contributed by atoms with E-state index in [-0.39, 0.29) is 0 Å². The molecule has 0 spiro atoms. The molecule has 1 amide bonds. The summed E-state index contributed by atoms with van der Waals surface area (Å²) < 4.78 is 11.3. The summed E-state index contributed by atoms with van der Waals surface area (Å²) in [5.41, 5.74) is 2.51. The first-order valence-electron chi connectivity index (χ1n) is 8.02. The first-order valence-corrected chi connectivity index (χ1v) is 8.40. The Morgan fingerprint density at radius 1 is 1.16 bits per heavy atom. The molecule has 0 aliphatic carbocycles. The Hall–Kier alpha value is -2.46. The van der Waals surface area contributed by atoms with E-state index < -0.39 is 11.7 Å². The predicted molar refractivity (Wildman–Crippen MR) is 101 cm³/mol. The van der Waals surface area contributed by atoms with Gasteiger partial charge in [-0.25, -0.2) is 4.79 Å². The normalized spacial score (nSPS) is 11.6. The van der Waals surface area contributed by atoms with E-state index in [0.29, 0.717) is 27.6 Å². The maximum atomic E-state index is 12.1. The SMILES string of the molecule is Cc1ccc2oc(-c3ccccc3NC(=O)OC(C)(C)C)c(Cl)c2c1. The zero-order valence-electron chi connectivity index (χ0n) is 14.6. The van der Waals surface area contributed by atoms with Crippen molar-refractivity contribution < 1.29 is 13.9 Å². The van der Waals surface area contributed by atoms with Gasteiger partial charge in [-0.05, 0) is 52.0 Å². The third-order valence-electron chi connectivity index (χ3n) is 3.59. The quantitative estimate of drug-likeness (QED) is 0.576. The molecule has 130 valence electrons. The molecule has 2 aromatic carbocycles. The predicted octanol–water partition coefficient (Wildman–Crippen LogP) is 6.41. The second-order valence-electron chi connectivity index (χ2n) is 6.92. The first kappa shape index (κ1) is 17.4. The second kappa shape index (κ2) is 6.45. The number of furan rings is 1. The van der Waals surface area contributed by atoms with Gasteiger partial charge in [-0.15, -0.1) is 0 Å². The van der Waals surface area contributed by atoms with Crippen LogP contribution in [0.2, 0.25) is 5.02 Å². The van der Waals surface area contributed by atoms with Crippen LogP contribution in [0.1, 0.15) is 26.3 Å². The Labute approximate surface area is 151 Å². The van der Waals surface area contributed by atoms with Crippen LogP contribution in [0.5, 0.6) is 0 Å². The summed E-state index contributed by atoms with van der Waals surface area (Å²) in [6, 6.07) is 13.2. The van der Waals surface area contributed by atoms with Crippen LogP contribution >= 0.6 is 11.6 Å². The smallest absolute Gasteiger partial charge is 0.412 e. The van der Waals surface area contributed by atoms with E-state index in [9.17, 15) is 4.79 Å². The molecular formula is C20H20ClNO3. The van der Waals surface area contributed by atoms with Gasteiger partial charge < -0.3 is 9.15 Å². The maximum absolute atomic E-state index is 12.1. The average molecular weight is 358 g/mol. The number of halogens is 1. The van der Waals surface area contributed by atoms with Crippen LogP contribution in [0, 0.1) is 6.92 Å². The van der Waals surface area contributed by atoms with Crippen LogP contribution in [0.25, 0.3) is 22.3 Å². The number of ether oxygens (including phenoxy) is 1. The number of benzene rings is 2. The molecule has 0 aliphatic heterocycles. The van der Waals surface area contributed by atoms with Gasteiger partial charge in [0.05, 0.1) is 10.7 Å². The van der Waals surface area contributed by atoms with Gasteiger partial charge in [-0.2, -0.15) is 0 Å². The van der Waals surface area contributed by atoms with Crippen molar-refractivity contribution in [3.05, 3.63) is 53.1 Å². The molecule has 0 radical (unpaired) electrons. The fraction of sp³-hybridized carbons (Fsp3) is 0.250. The number of anilines is 1. The lowest BCUT2D eigenvalue weighted by Crippen LogP contribution is -2.27. The van der Waals surface area contributed by atoms with Crippen LogP contribution in [0.15, 0.2) is 46.9 Å². The highest BCUT2D eigenvalue weighted by molar-refractivity contribution is 6.38. The van der Waals surface area contributed by atoms with Crippen molar-refractivity contribution in [1.29, 1.82) is 0 Å². The topological polar surface area (TPSA) is 51.5 Å². The minimum atomic E-state index is -0.576. The Kier molecular flexibility index (Phi) is 4.48. The number of nitrogens with one attached hydrogen (secondary N) is 1. The number of hydrogen-bond donors (Lipinski definition) is 1. The van der Waals surface area contributed by atoms with E-state index in [1.165, 1.54) is 0 Å². The highest BCUT2D eigenvalue weighted by Crippen LogP contribution is 2.40. The van der Waals surface area contributed by atoms with Crippen molar-refractivity contribution in [1.82, 2.24) is 0 Å². The van der Waals surface area contributed by atoms with Crippen LogP contribution in [-0.4, -0.2) is 11.7 Å². The lowest BCUT2D eigenvalue weighted by atomic mass is 10.1. The summed E-state index contributed by atoms with van der Waals surface area (Å²) in [4.78, 5) is 12.1. The number of hydrogen-bond acceptors (Lipinski definition) is 3. The highest BCUT2D eigenvalue weighted by atomic mass is 35.5. The Balaban J connectivity index is 2.01. The monoisotopic (exact) mass is 357 g/mol. The zero-order chi connectivity index (χ0) is 18.2. The number of para-hydroxylation sites is 1. The zero-order valence-corrected chi connectivity index (χ0v) is 15.4. The van der Waals surface area contributed by atoms with Gasteiger partial charge in [-0.1, -0.05) is 35.4 Å². The Morgan fingerprint density at radius 3 is 2.60 bits per heavy atom. The maximum Gasteiger partial charge on any atom is 0.412 e. The summed E-state index contributed by atoms with van der Waals surface area (Å²) in [7, 11) is 0. The third kappa shape index (κ3) is 3.80. The molecule has 3 rings (SSSR count). The lowest BCUT2D eigenvalue weighted by Gasteiger charge is -2.20. The van der Waals surface area contributed by atoms with Gasteiger partial charge in [0.1, 0.15) is 11.2 Å². The number of carbonyl (C=O) groups is 1. The number of fused-ring (bicyclic) bond motifs is 1. The number of amides is 1. The van der Waals surface area contributed by atoms with Gasteiger partial charge in [0.2, 0.25) is 0 Å². The van der Waals surface area contributed by atoms with E-state index in [1.807, 2.05) is 64.1 Å². The summed E-state index contributed by atoms with van der Waals surface area (Å²) in [6.45, 7) is 7.45. The van der Waals surface area contributed by atoms with Gasteiger partial charge in [0.25, 0.3) is 0 Å². The molecule has 0 bridgehead atoms. The molecular weight excluding hydrogens is 338 g/mol. The molecule has 1 aromatic heterocycles. The summed E-state index contributed by atoms with van der Waals surface area (Å²) in [6.07, 6.45) is -0.525. The lowest BCUT2D eigenvalue weighted by molar-refractivity contribution is 0.0636. The van der Waals surface area contributed by atoms with Crippen molar-refractivity contribution in [2.24, 2.45) is 0 Å². The van der Waals surface area contributed by atoms with Crippen LogP contribution < -0.4 is 5.32 Å². The Bertz CT molecular complexity index is 938. The molecule has 4 nitrogen and oxygen atoms in total. The van der Waals surface area contributed by atoms with Crippen molar-refractivity contribution in [3.63, 3.8) is 0 Å². The summed E-state index contributed by atoms with van der Waals surface area (Å²) in [5.74, 6) is 0.522. The molecule has 25 heavy (non-hydrogen) atoms. The van der Waals surface area contributed by atoms with E-state index in [2.05, 4.69) is 5.32 Å². The van der Waals surface area contributed by atoms with Gasteiger partial charge in [0.15, 0.2) is 5.76 Å². The van der Waals surface area contributed by atoms with Crippen molar-refractivity contribution in [2.45, 2.75) is 33.3 Å². The molecule has 1 N–H and O–H groups in total. The van der Waals surface area contributed by atoms with Gasteiger partial charge >= 0.3 is 6.09 Å². The third-order valence-corrected chi connectivity index (χ3v) is 3.97. The van der Waals surface area contributed by atoms with Crippen LogP contribution in [0.3, 0.4) is 0 Å². The molecule has 0 fully saturated rings. The van der Waals surface area contributed by atoms with E-state index in [4.69, 9.17) is 20.8 Å². The average Bonchev–Trinajstić information content (AvgIpc) is 2.83. The van der Waals surface area contributed by atoms with Crippen molar-refractivity contribution in [3.8, 4) is 11.3 Å². The van der Waals surface area contributed by atoms with Crippen LogP contribution in [-0.2, 0) is 4.74 Å². The minimum Gasteiger partial charge on any atom is -0.454 e. The van der Waals surface area contributed by atoms with Gasteiger partial charge in [0, 0.05) is 10.9 Å². The number of carbonyl (C=O) groups excluding carboxylic acids is 1. The van der Waals surface area contributed by atoms with Gasteiger partial charge in [-0.3, -0.25) is 5.32 Å². The molecule has 0 unspecified atom stereocenters. The first-order chi connectivity index (χ1) is 11.7. The molecule has 0 atom stereocenters. The van der Waals surface area contributed by atoms with E-state index >= 15 is 0 Å². The van der Waals surface area contributed by atoms with E-state index in [0.717, 1.165) is 10.9 Å². The fourth-order valence-electron chi connectivity index (χ4n) is 2.56.